The maximum Gasteiger partial charge on any atom is 0.230 e. The fraction of sp³-hybridized carbons (Fsp3) is 0.364. The Kier molecular flexibility index (Phi) is 4.49. The number of nitrogens with two attached hydrogens (primary N) is 1. The second-order valence-corrected chi connectivity index (χ2v) is 4.37. The summed E-state index contributed by atoms with van der Waals surface area (Å²) in [6, 6.07) is 7.61. The molecule has 0 aliphatic heterocycles. The number of carbonyl (C=O) groups is 1. The molecule has 0 heterocycles. The Bertz CT molecular complexity index is 341. The van der Waals surface area contributed by atoms with Gasteiger partial charge in [-0.2, -0.15) is 0 Å². The molecule has 82 valence electrons. The highest BCUT2D eigenvalue weighted by Crippen LogP contribution is 2.27. The van der Waals surface area contributed by atoms with E-state index in [0.717, 1.165) is 17.1 Å². The monoisotopic (exact) mass is 225 g/mol. The summed E-state index contributed by atoms with van der Waals surface area (Å²) in [7, 11) is 1.62. The molecule has 0 fully saturated rings. The average Bonchev–Trinajstić information content (AvgIpc) is 2.25. The predicted octanol–water partition coefficient (Wildman–Crippen LogP) is 2.05. The standard InChI is InChI=1S/C11H15NO2S/c1-3-10(11(12)13)15-9-6-4-5-8(7-9)14-2/h4-7,10H,3H2,1-2H3,(H2,12,13). The minimum atomic E-state index is -0.273. The zero-order chi connectivity index (χ0) is 11.3. The van der Waals surface area contributed by atoms with Gasteiger partial charge in [-0.3, -0.25) is 4.79 Å². The minimum Gasteiger partial charge on any atom is -0.497 e. The third-order valence-corrected chi connectivity index (χ3v) is 3.38. The van der Waals surface area contributed by atoms with Gasteiger partial charge in [0.1, 0.15) is 5.75 Å². The molecule has 0 radical (unpaired) electrons. The quantitative estimate of drug-likeness (QED) is 0.780. The van der Waals surface area contributed by atoms with Crippen molar-refractivity contribution in [3.63, 3.8) is 0 Å². The van der Waals surface area contributed by atoms with Crippen molar-refractivity contribution in [2.75, 3.05) is 7.11 Å². The summed E-state index contributed by atoms with van der Waals surface area (Å²) in [5.74, 6) is 0.518. The van der Waals surface area contributed by atoms with E-state index in [0.29, 0.717) is 0 Å². The van der Waals surface area contributed by atoms with Crippen LogP contribution in [0.1, 0.15) is 13.3 Å². The van der Waals surface area contributed by atoms with Crippen molar-refractivity contribution in [1.82, 2.24) is 0 Å². The summed E-state index contributed by atoms with van der Waals surface area (Å²) in [5.41, 5.74) is 5.27. The number of benzene rings is 1. The summed E-state index contributed by atoms with van der Waals surface area (Å²) < 4.78 is 5.10. The third-order valence-electron chi connectivity index (χ3n) is 2.01. The molecule has 0 spiro atoms. The van der Waals surface area contributed by atoms with Crippen LogP contribution in [0, 0.1) is 0 Å². The van der Waals surface area contributed by atoms with E-state index in [2.05, 4.69) is 0 Å². The first kappa shape index (κ1) is 11.9. The lowest BCUT2D eigenvalue weighted by Crippen LogP contribution is -2.24. The Balaban J connectivity index is 2.74. The SMILES string of the molecule is CCC(Sc1cccc(OC)c1)C(N)=O. The second-order valence-electron chi connectivity index (χ2n) is 3.10. The van der Waals surface area contributed by atoms with Gasteiger partial charge in [0.05, 0.1) is 12.4 Å². The van der Waals surface area contributed by atoms with Crippen molar-refractivity contribution in [2.24, 2.45) is 5.73 Å². The van der Waals surface area contributed by atoms with E-state index in [9.17, 15) is 4.79 Å². The maximum absolute atomic E-state index is 11.1. The zero-order valence-corrected chi connectivity index (χ0v) is 9.71. The fourth-order valence-corrected chi connectivity index (χ4v) is 2.13. The molecule has 0 saturated heterocycles. The van der Waals surface area contributed by atoms with Gasteiger partial charge in [-0.05, 0) is 24.6 Å². The maximum atomic E-state index is 11.1. The van der Waals surface area contributed by atoms with E-state index in [1.165, 1.54) is 11.8 Å². The molecular weight excluding hydrogens is 210 g/mol. The first-order chi connectivity index (χ1) is 7.17. The van der Waals surface area contributed by atoms with Gasteiger partial charge in [0.2, 0.25) is 5.91 Å². The minimum absolute atomic E-state index is 0.169. The molecular formula is C11H15NO2S. The van der Waals surface area contributed by atoms with Crippen molar-refractivity contribution in [1.29, 1.82) is 0 Å². The van der Waals surface area contributed by atoms with Crippen molar-refractivity contribution >= 4 is 17.7 Å². The molecule has 0 aliphatic rings. The van der Waals surface area contributed by atoms with E-state index in [1.807, 2.05) is 31.2 Å². The number of hydrogen-bond acceptors (Lipinski definition) is 3. The molecule has 0 saturated carbocycles. The highest BCUT2D eigenvalue weighted by atomic mass is 32.2. The smallest absolute Gasteiger partial charge is 0.230 e. The number of ether oxygens (including phenoxy) is 1. The van der Waals surface area contributed by atoms with E-state index in [1.54, 1.807) is 7.11 Å². The molecule has 1 atom stereocenters. The second kappa shape index (κ2) is 5.66. The van der Waals surface area contributed by atoms with Crippen LogP contribution in [0.3, 0.4) is 0 Å². The first-order valence-corrected chi connectivity index (χ1v) is 5.65. The van der Waals surface area contributed by atoms with Crippen LogP contribution in [0.5, 0.6) is 5.75 Å². The van der Waals surface area contributed by atoms with Gasteiger partial charge in [0, 0.05) is 4.90 Å². The van der Waals surface area contributed by atoms with Gasteiger partial charge in [-0.1, -0.05) is 13.0 Å². The van der Waals surface area contributed by atoms with Crippen molar-refractivity contribution in [3.8, 4) is 5.75 Å². The number of hydrogen-bond donors (Lipinski definition) is 1. The molecule has 3 nitrogen and oxygen atoms in total. The predicted molar refractivity (Wildman–Crippen MR) is 62.1 cm³/mol. The third kappa shape index (κ3) is 3.47. The van der Waals surface area contributed by atoms with Crippen molar-refractivity contribution in [2.45, 2.75) is 23.5 Å². The largest absolute Gasteiger partial charge is 0.497 e. The number of rotatable bonds is 5. The summed E-state index contributed by atoms with van der Waals surface area (Å²) in [6.45, 7) is 1.95. The van der Waals surface area contributed by atoms with Gasteiger partial charge >= 0.3 is 0 Å². The molecule has 0 bridgehead atoms. The number of carbonyl (C=O) groups excluding carboxylic acids is 1. The Labute approximate surface area is 94.0 Å². The Morgan fingerprint density at radius 1 is 1.60 bits per heavy atom. The molecule has 1 aromatic rings. The lowest BCUT2D eigenvalue weighted by molar-refractivity contribution is -0.117. The normalized spacial score (nSPS) is 12.1. The zero-order valence-electron chi connectivity index (χ0n) is 8.90. The van der Waals surface area contributed by atoms with Gasteiger partial charge in [0.15, 0.2) is 0 Å². The van der Waals surface area contributed by atoms with Gasteiger partial charge in [-0.15, -0.1) is 11.8 Å². The van der Waals surface area contributed by atoms with E-state index in [-0.39, 0.29) is 11.2 Å². The highest BCUT2D eigenvalue weighted by Gasteiger charge is 2.14. The van der Waals surface area contributed by atoms with Gasteiger partial charge in [-0.25, -0.2) is 0 Å². The van der Waals surface area contributed by atoms with Gasteiger partial charge < -0.3 is 10.5 Å². The van der Waals surface area contributed by atoms with Gasteiger partial charge in [0.25, 0.3) is 0 Å². The average molecular weight is 225 g/mol. The molecule has 0 aromatic heterocycles. The van der Waals surface area contributed by atoms with Crippen LogP contribution >= 0.6 is 11.8 Å². The van der Waals surface area contributed by atoms with Crippen LogP contribution in [-0.2, 0) is 4.79 Å². The lowest BCUT2D eigenvalue weighted by Gasteiger charge is -2.10. The summed E-state index contributed by atoms with van der Waals surface area (Å²) in [6.07, 6.45) is 0.733. The number of primary amides is 1. The molecule has 0 aliphatic carbocycles. The molecule has 1 aromatic carbocycles. The number of methoxy groups -OCH3 is 1. The molecule has 4 heteroatoms. The van der Waals surface area contributed by atoms with Crippen LogP contribution < -0.4 is 10.5 Å². The molecule has 1 amide bonds. The van der Waals surface area contributed by atoms with E-state index >= 15 is 0 Å². The number of thioether (sulfide) groups is 1. The molecule has 1 unspecified atom stereocenters. The molecule has 15 heavy (non-hydrogen) atoms. The summed E-state index contributed by atoms with van der Waals surface area (Å²) >= 11 is 1.47. The van der Waals surface area contributed by atoms with Crippen LogP contribution in [0.25, 0.3) is 0 Å². The Morgan fingerprint density at radius 3 is 2.87 bits per heavy atom. The number of amides is 1. The van der Waals surface area contributed by atoms with Crippen LogP contribution in [0.2, 0.25) is 0 Å². The Hall–Kier alpha value is -1.16. The van der Waals surface area contributed by atoms with E-state index < -0.39 is 0 Å². The van der Waals surface area contributed by atoms with Crippen LogP contribution in [-0.4, -0.2) is 18.3 Å². The lowest BCUT2D eigenvalue weighted by atomic mass is 10.3. The van der Waals surface area contributed by atoms with Crippen molar-refractivity contribution in [3.05, 3.63) is 24.3 Å². The molecule has 2 N–H and O–H groups in total. The molecule has 1 rings (SSSR count). The van der Waals surface area contributed by atoms with E-state index in [4.69, 9.17) is 10.5 Å². The highest BCUT2D eigenvalue weighted by molar-refractivity contribution is 8.00. The van der Waals surface area contributed by atoms with Crippen molar-refractivity contribution < 1.29 is 9.53 Å². The van der Waals surface area contributed by atoms with Crippen LogP contribution in [0.4, 0.5) is 0 Å². The first-order valence-electron chi connectivity index (χ1n) is 4.77. The summed E-state index contributed by atoms with van der Waals surface area (Å²) in [4.78, 5) is 12.1. The topological polar surface area (TPSA) is 52.3 Å². The summed E-state index contributed by atoms with van der Waals surface area (Å²) in [5, 5.41) is -0.169. The fourth-order valence-electron chi connectivity index (χ4n) is 1.18. The van der Waals surface area contributed by atoms with Crippen LogP contribution in [0.15, 0.2) is 29.2 Å². The Morgan fingerprint density at radius 2 is 2.33 bits per heavy atom.